The molecule has 1 aliphatic rings. The van der Waals surface area contributed by atoms with Crippen molar-refractivity contribution in [3.63, 3.8) is 0 Å². The van der Waals surface area contributed by atoms with Crippen LogP contribution in [0.25, 0.3) is 11.3 Å². The second-order valence-electron chi connectivity index (χ2n) is 6.34. The van der Waals surface area contributed by atoms with Crippen molar-refractivity contribution in [2.45, 2.75) is 26.1 Å². The quantitative estimate of drug-likeness (QED) is 0.601. The number of fused-ring (bicyclic) bond motifs is 1. The Balaban J connectivity index is 1.44. The highest BCUT2D eigenvalue weighted by molar-refractivity contribution is 6.33. The van der Waals surface area contributed by atoms with Crippen LogP contribution >= 0.6 is 11.6 Å². The molecule has 2 heterocycles. The van der Waals surface area contributed by atoms with Crippen LogP contribution in [0.4, 0.5) is 4.39 Å². The topological polar surface area (TPSA) is 61.6 Å². The number of benzene rings is 2. The van der Waals surface area contributed by atoms with Crippen LogP contribution in [0, 0.1) is 5.82 Å². The third-order valence-corrected chi connectivity index (χ3v) is 4.56. The van der Waals surface area contributed by atoms with Gasteiger partial charge in [0, 0.05) is 18.1 Å². The largest absolute Gasteiger partial charge is 0.490 e. The minimum atomic E-state index is -0.663. The van der Waals surface area contributed by atoms with E-state index in [1.54, 1.807) is 6.07 Å². The van der Waals surface area contributed by atoms with Gasteiger partial charge >= 0.3 is 5.97 Å². The predicted molar refractivity (Wildman–Crippen MR) is 96.3 cm³/mol. The number of carbonyl (C=O) groups is 1. The number of esters is 1. The van der Waals surface area contributed by atoms with Crippen LogP contribution in [-0.2, 0) is 17.8 Å². The molecular weight excluding hydrogens is 373 g/mol. The first-order valence-corrected chi connectivity index (χ1v) is 8.75. The molecule has 0 saturated heterocycles. The number of rotatable bonds is 4. The molecule has 0 aliphatic carbocycles. The Morgan fingerprint density at radius 2 is 2.15 bits per heavy atom. The van der Waals surface area contributed by atoms with Crippen molar-refractivity contribution in [3.05, 3.63) is 70.1 Å². The smallest absolute Gasteiger partial charge is 0.340 e. The molecule has 2 aromatic carbocycles. The second kappa shape index (κ2) is 7.04. The summed E-state index contributed by atoms with van der Waals surface area (Å²) in [5.74, 6) is 0.206. The van der Waals surface area contributed by atoms with Gasteiger partial charge in [0.2, 0.25) is 0 Å². The van der Waals surface area contributed by atoms with Gasteiger partial charge in [-0.05, 0) is 36.8 Å². The normalized spacial score (nSPS) is 15.3. The summed E-state index contributed by atoms with van der Waals surface area (Å²) in [5.41, 5.74) is 2.53. The van der Waals surface area contributed by atoms with E-state index in [1.165, 1.54) is 6.07 Å². The van der Waals surface area contributed by atoms with E-state index in [0.717, 1.165) is 35.4 Å². The van der Waals surface area contributed by atoms with Gasteiger partial charge < -0.3 is 14.0 Å². The van der Waals surface area contributed by atoms with E-state index in [0.29, 0.717) is 11.5 Å². The van der Waals surface area contributed by atoms with Gasteiger partial charge in [-0.1, -0.05) is 28.9 Å². The predicted octanol–water partition coefficient (Wildman–Crippen LogP) is 4.81. The van der Waals surface area contributed by atoms with Crippen molar-refractivity contribution >= 4 is 17.6 Å². The van der Waals surface area contributed by atoms with Crippen LogP contribution in [-0.4, -0.2) is 17.2 Å². The minimum absolute atomic E-state index is 0.00629. The third kappa shape index (κ3) is 3.66. The Morgan fingerprint density at radius 3 is 2.96 bits per heavy atom. The third-order valence-electron chi connectivity index (χ3n) is 4.25. The molecule has 5 nitrogen and oxygen atoms in total. The Bertz CT molecular complexity index is 1020. The van der Waals surface area contributed by atoms with Crippen LogP contribution in [0.3, 0.4) is 0 Å². The molecule has 138 valence electrons. The van der Waals surface area contributed by atoms with Gasteiger partial charge in [-0.2, -0.15) is 0 Å². The molecule has 0 radical (unpaired) electrons. The molecule has 1 aliphatic heterocycles. The molecule has 0 amide bonds. The van der Waals surface area contributed by atoms with Crippen LogP contribution < -0.4 is 4.74 Å². The van der Waals surface area contributed by atoms with Gasteiger partial charge in [0.05, 0.1) is 10.6 Å². The standard InChI is InChI=1S/C20H15ClFNO4/c1-11-6-12-2-3-13(7-18(12)26-11)19-9-15(23-27-19)10-25-20(24)16-5-4-14(22)8-17(16)21/h2-5,7-9,11H,6,10H2,1H3. The maximum Gasteiger partial charge on any atom is 0.340 e. The number of carbonyl (C=O) groups excluding carboxylic acids is 1. The first kappa shape index (κ1) is 17.5. The number of aromatic nitrogens is 1. The van der Waals surface area contributed by atoms with Gasteiger partial charge in [0.25, 0.3) is 0 Å². The molecule has 0 fully saturated rings. The number of hydrogen-bond donors (Lipinski definition) is 0. The summed E-state index contributed by atoms with van der Waals surface area (Å²) in [4.78, 5) is 12.1. The Hall–Kier alpha value is -2.86. The zero-order valence-corrected chi connectivity index (χ0v) is 15.1. The van der Waals surface area contributed by atoms with Gasteiger partial charge in [-0.15, -0.1) is 0 Å². The van der Waals surface area contributed by atoms with Crippen molar-refractivity contribution in [1.29, 1.82) is 0 Å². The summed E-state index contributed by atoms with van der Waals surface area (Å²) < 4.78 is 29.3. The fraction of sp³-hybridized carbons (Fsp3) is 0.200. The number of hydrogen-bond acceptors (Lipinski definition) is 5. The summed E-state index contributed by atoms with van der Waals surface area (Å²) in [7, 11) is 0. The van der Waals surface area contributed by atoms with E-state index in [4.69, 9.17) is 25.6 Å². The Labute approximate surface area is 159 Å². The summed E-state index contributed by atoms with van der Waals surface area (Å²) in [6.45, 7) is 1.93. The lowest BCUT2D eigenvalue weighted by atomic mass is 10.1. The Kier molecular flexibility index (Phi) is 4.58. The lowest BCUT2D eigenvalue weighted by molar-refractivity contribution is 0.0464. The molecule has 3 aromatic rings. The molecule has 4 rings (SSSR count). The van der Waals surface area contributed by atoms with Crippen molar-refractivity contribution < 1.29 is 23.2 Å². The number of ether oxygens (including phenoxy) is 2. The summed E-state index contributed by atoms with van der Waals surface area (Å²) in [5, 5.41) is 3.91. The number of nitrogens with zero attached hydrogens (tertiary/aromatic N) is 1. The highest BCUT2D eigenvalue weighted by atomic mass is 35.5. The zero-order valence-electron chi connectivity index (χ0n) is 14.4. The molecule has 0 bridgehead atoms. The van der Waals surface area contributed by atoms with Crippen LogP contribution in [0.5, 0.6) is 5.75 Å². The maximum absolute atomic E-state index is 13.1. The molecule has 0 saturated carbocycles. The van der Waals surface area contributed by atoms with Crippen molar-refractivity contribution in [1.82, 2.24) is 5.16 Å². The first-order chi connectivity index (χ1) is 13.0. The summed E-state index contributed by atoms with van der Waals surface area (Å²) in [6, 6.07) is 11.0. The van der Waals surface area contributed by atoms with E-state index >= 15 is 0 Å². The van der Waals surface area contributed by atoms with E-state index < -0.39 is 11.8 Å². The zero-order chi connectivity index (χ0) is 19.0. The summed E-state index contributed by atoms with van der Waals surface area (Å²) in [6.07, 6.45) is 1.05. The average molecular weight is 388 g/mol. The van der Waals surface area contributed by atoms with E-state index in [9.17, 15) is 9.18 Å². The van der Waals surface area contributed by atoms with E-state index in [2.05, 4.69) is 5.16 Å². The maximum atomic E-state index is 13.1. The molecule has 27 heavy (non-hydrogen) atoms. The minimum Gasteiger partial charge on any atom is -0.490 e. The van der Waals surface area contributed by atoms with Crippen LogP contribution in [0.15, 0.2) is 47.0 Å². The fourth-order valence-corrected chi connectivity index (χ4v) is 3.19. The fourth-order valence-electron chi connectivity index (χ4n) is 2.94. The Morgan fingerprint density at radius 1 is 1.30 bits per heavy atom. The molecule has 0 spiro atoms. The first-order valence-electron chi connectivity index (χ1n) is 8.37. The van der Waals surface area contributed by atoms with Gasteiger partial charge in [0.15, 0.2) is 5.76 Å². The highest BCUT2D eigenvalue weighted by Gasteiger charge is 2.20. The molecule has 1 unspecified atom stereocenters. The average Bonchev–Trinajstić information content (AvgIpc) is 3.24. The summed E-state index contributed by atoms with van der Waals surface area (Å²) >= 11 is 5.86. The van der Waals surface area contributed by atoms with Gasteiger partial charge in [-0.25, -0.2) is 9.18 Å². The monoisotopic (exact) mass is 387 g/mol. The molecule has 1 atom stereocenters. The lowest BCUT2D eigenvalue weighted by Crippen LogP contribution is -2.06. The van der Waals surface area contributed by atoms with Gasteiger partial charge in [-0.3, -0.25) is 0 Å². The lowest BCUT2D eigenvalue weighted by Gasteiger charge is -2.04. The second-order valence-corrected chi connectivity index (χ2v) is 6.75. The van der Waals surface area contributed by atoms with E-state index in [1.807, 2.05) is 25.1 Å². The SMILES string of the molecule is CC1Cc2ccc(-c3cc(COC(=O)c4ccc(F)cc4Cl)no3)cc2O1. The van der Waals surface area contributed by atoms with Crippen LogP contribution in [0.2, 0.25) is 5.02 Å². The molecular formula is C20H15ClFNO4. The molecule has 7 heteroatoms. The molecule has 1 aromatic heterocycles. The number of halogens is 2. The molecule has 0 N–H and O–H groups in total. The highest BCUT2D eigenvalue weighted by Crippen LogP contribution is 2.33. The van der Waals surface area contributed by atoms with Crippen molar-refractivity contribution in [2.24, 2.45) is 0 Å². The van der Waals surface area contributed by atoms with Crippen molar-refractivity contribution in [2.75, 3.05) is 0 Å². The van der Waals surface area contributed by atoms with E-state index in [-0.39, 0.29) is 23.3 Å². The van der Waals surface area contributed by atoms with Crippen LogP contribution in [0.1, 0.15) is 28.5 Å². The van der Waals surface area contributed by atoms with Crippen molar-refractivity contribution in [3.8, 4) is 17.1 Å². The van der Waals surface area contributed by atoms with Gasteiger partial charge in [0.1, 0.15) is 30.0 Å².